The molecule has 0 amide bonds. The third kappa shape index (κ3) is 2.28. The van der Waals surface area contributed by atoms with E-state index in [0.717, 1.165) is 6.92 Å². The van der Waals surface area contributed by atoms with Crippen molar-refractivity contribution in [3.63, 3.8) is 0 Å². The molecule has 2 nitrogen and oxygen atoms in total. The zero-order chi connectivity index (χ0) is 5.86. The molecule has 1 radical (unpaired) electrons. The Morgan fingerprint density at radius 2 is 2.14 bits per heavy atom. The highest BCUT2D eigenvalue weighted by Gasteiger charge is 2.08. The molecule has 0 heterocycles. The molecule has 0 aliphatic rings. The van der Waals surface area contributed by atoms with E-state index in [-0.39, 0.29) is 0 Å². The number of ketones is 1. The molecule has 0 aliphatic heterocycles. The topological polar surface area (TPSA) is 29.1 Å². The fraction of sp³-hybridized carbons (Fsp3) is 0.500. The van der Waals surface area contributed by atoms with Crippen LogP contribution in [-0.2, 0) is 4.79 Å². The molecule has 0 spiro atoms. The Kier molecular flexibility index (Phi) is 2.52. The molecular weight excluding hydrogens is 97.0 g/mol. The van der Waals surface area contributed by atoms with E-state index in [9.17, 15) is 9.18 Å². The van der Waals surface area contributed by atoms with E-state index in [1.807, 2.05) is 0 Å². The van der Waals surface area contributed by atoms with Crippen molar-refractivity contribution in [2.45, 2.75) is 6.92 Å². The standard InChI is InChI=1S/C4H7FNO/c1-3(7)4(5)6-2/h6H,1-2H3. The second-order valence-electron chi connectivity index (χ2n) is 1.12. The second kappa shape index (κ2) is 2.69. The van der Waals surface area contributed by atoms with Gasteiger partial charge in [-0.15, -0.1) is 0 Å². The zero-order valence-electron chi connectivity index (χ0n) is 4.29. The molecule has 0 atom stereocenters. The Balaban J connectivity index is 3.34. The van der Waals surface area contributed by atoms with Crippen molar-refractivity contribution in [3.05, 3.63) is 6.30 Å². The number of carbonyl (C=O) groups excluding carboxylic acids is 1. The molecule has 0 aromatic carbocycles. The van der Waals surface area contributed by atoms with E-state index in [2.05, 4.69) is 5.32 Å². The highest BCUT2D eigenvalue weighted by molar-refractivity contribution is 5.86. The van der Waals surface area contributed by atoms with Gasteiger partial charge in [-0.25, -0.2) is 4.39 Å². The number of hydrogen-bond acceptors (Lipinski definition) is 2. The Bertz CT molecular complexity index is 74.1. The fourth-order valence-corrected chi connectivity index (χ4v) is 0.176. The summed E-state index contributed by atoms with van der Waals surface area (Å²) in [5.41, 5.74) is 0. The first-order valence-electron chi connectivity index (χ1n) is 1.89. The summed E-state index contributed by atoms with van der Waals surface area (Å²) in [7, 11) is 1.36. The average molecular weight is 104 g/mol. The first kappa shape index (κ1) is 6.56. The predicted octanol–water partition coefficient (Wildman–Crippen LogP) is 0.254. The Morgan fingerprint density at radius 1 is 1.71 bits per heavy atom. The molecule has 0 saturated carbocycles. The molecule has 0 fully saturated rings. The van der Waals surface area contributed by atoms with Gasteiger partial charge in [-0.3, -0.25) is 10.1 Å². The van der Waals surface area contributed by atoms with Crippen LogP contribution in [0.25, 0.3) is 0 Å². The van der Waals surface area contributed by atoms with Crippen LogP contribution in [0.2, 0.25) is 0 Å². The van der Waals surface area contributed by atoms with Crippen molar-refractivity contribution in [1.82, 2.24) is 5.32 Å². The van der Waals surface area contributed by atoms with E-state index in [1.54, 1.807) is 0 Å². The van der Waals surface area contributed by atoms with Gasteiger partial charge in [0.2, 0.25) is 0 Å². The van der Waals surface area contributed by atoms with E-state index >= 15 is 0 Å². The lowest BCUT2D eigenvalue weighted by molar-refractivity contribution is -0.118. The molecule has 0 aliphatic carbocycles. The van der Waals surface area contributed by atoms with Gasteiger partial charge < -0.3 is 0 Å². The fourth-order valence-electron chi connectivity index (χ4n) is 0.176. The van der Waals surface area contributed by atoms with Gasteiger partial charge in [0.05, 0.1) is 0 Å². The van der Waals surface area contributed by atoms with Crippen molar-refractivity contribution in [2.24, 2.45) is 0 Å². The molecule has 1 N–H and O–H groups in total. The number of rotatable bonds is 2. The lowest BCUT2D eigenvalue weighted by Crippen LogP contribution is -2.17. The quantitative estimate of drug-likeness (QED) is 0.509. The van der Waals surface area contributed by atoms with Gasteiger partial charge in [0.1, 0.15) is 0 Å². The van der Waals surface area contributed by atoms with Gasteiger partial charge >= 0.3 is 0 Å². The minimum absolute atomic E-state index is 0.567. The van der Waals surface area contributed by atoms with Crippen molar-refractivity contribution >= 4 is 5.78 Å². The number of carbonyl (C=O) groups is 1. The van der Waals surface area contributed by atoms with Crippen LogP contribution in [0.15, 0.2) is 0 Å². The van der Waals surface area contributed by atoms with Crippen LogP contribution < -0.4 is 5.32 Å². The molecular formula is C4H7FNO. The molecule has 0 saturated heterocycles. The number of nitrogens with one attached hydrogen (secondary N) is 1. The lowest BCUT2D eigenvalue weighted by atomic mass is 10.4. The minimum Gasteiger partial charge on any atom is -0.295 e. The maximum atomic E-state index is 11.7. The molecule has 0 aromatic heterocycles. The monoisotopic (exact) mass is 104 g/mol. The summed E-state index contributed by atoms with van der Waals surface area (Å²) in [5.74, 6) is -0.567. The van der Waals surface area contributed by atoms with E-state index in [4.69, 9.17) is 0 Å². The van der Waals surface area contributed by atoms with E-state index in [0.29, 0.717) is 0 Å². The SMILES string of the molecule is CN[C](F)C(C)=O. The molecule has 0 aromatic rings. The van der Waals surface area contributed by atoms with Crippen molar-refractivity contribution in [3.8, 4) is 0 Å². The number of Topliss-reactive ketones (excluding diaryl/α,β-unsaturated/α-hetero) is 1. The Hall–Kier alpha value is -0.440. The minimum atomic E-state index is -0.792. The first-order valence-corrected chi connectivity index (χ1v) is 1.89. The Morgan fingerprint density at radius 3 is 2.14 bits per heavy atom. The van der Waals surface area contributed by atoms with Crippen molar-refractivity contribution < 1.29 is 9.18 Å². The first-order chi connectivity index (χ1) is 3.18. The molecule has 0 unspecified atom stereocenters. The molecule has 0 rings (SSSR count). The summed E-state index contributed by atoms with van der Waals surface area (Å²) in [6, 6.07) is 0. The molecule has 0 bridgehead atoms. The smallest absolute Gasteiger partial charge is 0.274 e. The maximum absolute atomic E-state index is 11.7. The third-order valence-corrected chi connectivity index (χ3v) is 0.529. The van der Waals surface area contributed by atoms with Crippen LogP contribution in [-0.4, -0.2) is 12.8 Å². The van der Waals surface area contributed by atoms with Gasteiger partial charge in [-0.05, 0) is 14.0 Å². The third-order valence-electron chi connectivity index (χ3n) is 0.529. The number of hydrogen-bond donors (Lipinski definition) is 1. The summed E-state index contributed by atoms with van der Waals surface area (Å²) < 4.78 is 11.7. The van der Waals surface area contributed by atoms with Gasteiger partial charge in [0.25, 0.3) is 6.30 Å². The van der Waals surface area contributed by atoms with Crippen LogP contribution in [0.1, 0.15) is 6.92 Å². The summed E-state index contributed by atoms with van der Waals surface area (Å²) in [4.78, 5) is 9.90. The summed E-state index contributed by atoms with van der Waals surface area (Å²) in [6.45, 7) is 1.16. The van der Waals surface area contributed by atoms with Gasteiger partial charge in [0.15, 0.2) is 5.78 Å². The highest BCUT2D eigenvalue weighted by atomic mass is 19.1. The highest BCUT2D eigenvalue weighted by Crippen LogP contribution is 1.93. The van der Waals surface area contributed by atoms with Gasteiger partial charge in [-0.2, -0.15) is 0 Å². The van der Waals surface area contributed by atoms with Crippen LogP contribution >= 0.6 is 0 Å². The van der Waals surface area contributed by atoms with Crippen LogP contribution in [0.3, 0.4) is 0 Å². The predicted molar refractivity (Wildman–Crippen MR) is 24.1 cm³/mol. The largest absolute Gasteiger partial charge is 0.295 e. The van der Waals surface area contributed by atoms with E-state index < -0.39 is 12.1 Å². The Labute approximate surface area is 41.7 Å². The second-order valence-corrected chi connectivity index (χ2v) is 1.12. The van der Waals surface area contributed by atoms with Crippen LogP contribution in [0.5, 0.6) is 0 Å². The number of halogens is 1. The maximum Gasteiger partial charge on any atom is 0.274 e. The van der Waals surface area contributed by atoms with Gasteiger partial charge in [0, 0.05) is 0 Å². The van der Waals surface area contributed by atoms with Crippen molar-refractivity contribution in [1.29, 1.82) is 0 Å². The average Bonchev–Trinajstić information content (AvgIpc) is 1.65. The summed E-state index contributed by atoms with van der Waals surface area (Å²) in [5, 5.41) is 2.06. The van der Waals surface area contributed by atoms with Crippen molar-refractivity contribution in [2.75, 3.05) is 7.05 Å². The normalized spacial score (nSPS) is 9.71. The van der Waals surface area contributed by atoms with Gasteiger partial charge in [-0.1, -0.05) is 0 Å². The number of likely N-dealkylation sites (N-methyl/N-ethyl adjacent to an activating group) is 1. The molecule has 41 valence electrons. The van der Waals surface area contributed by atoms with E-state index in [1.165, 1.54) is 7.05 Å². The van der Waals surface area contributed by atoms with Crippen LogP contribution in [0, 0.1) is 6.30 Å². The summed E-state index contributed by atoms with van der Waals surface area (Å²) in [6.07, 6.45) is -0.792. The lowest BCUT2D eigenvalue weighted by Gasteiger charge is -1.94. The molecule has 3 heteroatoms. The van der Waals surface area contributed by atoms with Crippen LogP contribution in [0.4, 0.5) is 4.39 Å². The zero-order valence-corrected chi connectivity index (χ0v) is 4.29. The summed E-state index contributed by atoms with van der Waals surface area (Å²) >= 11 is 0. The molecule has 7 heavy (non-hydrogen) atoms.